The molecule has 0 bridgehead atoms. The van der Waals surface area contributed by atoms with Gasteiger partial charge in [-0.1, -0.05) is 0 Å². The molecule has 0 aromatic heterocycles. The van der Waals surface area contributed by atoms with E-state index in [1.165, 1.54) is 13.2 Å². The summed E-state index contributed by atoms with van der Waals surface area (Å²) in [5.41, 5.74) is 0. The molecule has 2 N–H and O–H groups in total. The highest BCUT2D eigenvalue weighted by molar-refractivity contribution is 6.33. The van der Waals surface area contributed by atoms with Crippen LogP contribution in [0.5, 0.6) is 17.2 Å². The van der Waals surface area contributed by atoms with Gasteiger partial charge in [-0.05, 0) is 0 Å². The molecule has 1 rings (SSSR count). The average molecular weight is 252 g/mol. The Hall–Kier alpha value is -1.61. The zero-order valence-electron chi connectivity index (χ0n) is 8.56. The van der Waals surface area contributed by atoms with Gasteiger partial charge in [0, 0.05) is 18.2 Å². The van der Waals surface area contributed by atoms with Crippen molar-refractivity contribution in [2.45, 2.75) is 6.36 Å². The fraction of sp³-hybridized carbons (Fsp3) is 0.250. The molecule has 0 heterocycles. The van der Waals surface area contributed by atoms with Crippen LogP contribution in [0.4, 0.5) is 13.2 Å². The summed E-state index contributed by atoms with van der Waals surface area (Å²) in [7, 11) is -0.924. The first-order chi connectivity index (χ1) is 7.80. The smallest absolute Gasteiger partial charge is 0.512 e. The number of methoxy groups -OCH3 is 1. The van der Waals surface area contributed by atoms with Gasteiger partial charge in [0.05, 0.1) is 7.11 Å². The van der Waals surface area contributed by atoms with Crippen LogP contribution in [0.1, 0.15) is 0 Å². The molecule has 17 heavy (non-hydrogen) atoms. The summed E-state index contributed by atoms with van der Waals surface area (Å²) >= 11 is 0. The molecule has 0 radical (unpaired) electrons. The molecule has 5 nitrogen and oxygen atoms in total. The average Bonchev–Trinajstić information content (AvgIpc) is 2.13. The minimum absolute atomic E-state index is 0.0161. The Bertz CT molecular complexity index is 382. The van der Waals surface area contributed by atoms with Crippen molar-refractivity contribution in [2.24, 2.45) is 0 Å². The fourth-order valence-corrected chi connectivity index (χ4v) is 1.05. The van der Waals surface area contributed by atoms with Crippen molar-refractivity contribution in [1.29, 1.82) is 0 Å². The predicted molar refractivity (Wildman–Crippen MR) is 50.5 cm³/mol. The van der Waals surface area contributed by atoms with Gasteiger partial charge in [0.2, 0.25) is 0 Å². The lowest BCUT2D eigenvalue weighted by atomic mass is 10.2. The molecule has 0 saturated heterocycles. The lowest BCUT2D eigenvalue weighted by Crippen LogP contribution is -2.21. The largest absolute Gasteiger partial charge is 0.707 e. The molecule has 0 fully saturated rings. The van der Waals surface area contributed by atoms with Crippen molar-refractivity contribution >= 4 is 7.32 Å². The van der Waals surface area contributed by atoms with Gasteiger partial charge in [-0.15, -0.1) is 13.2 Å². The first-order valence-corrected chi connectivity index (χ1v) is 4.28. The minimum atomic E-state index is -4.86. The SMILES string of the molecule is COc1cc(OB(O)O)cc(OC(F)(F)F)c1. The second-order valence-corrected chi connectivity index (χ2v) is 2.84. The molecule has 0 amide bonds. The van der Waals surface area contributed by atoms with Gasteiger partial charge in [0.25, 0.3) is 0 Å². The van der Waals surface area contributed by atoms with E-state index < -0.39 is 19.4 Å². The van der Waals surface area contributed by atoms with Gasteiger partial charge in [0.1, 0.15) is 17.2 Å². The van der Waals surface area contributed by atoms with Crippen LogP contribution in [0, 0.1) is 0 Å². The maximum atomic E-state index is 12.0. The summed E-state index contributed by atoms with van der Waals surface area (Å²) in [6.07, 6.45) is -4.86. The third-order valence-corrected chi connectivity index (χ3v) is 1.56. The highest BCUT2D eigenvalue weighted by Gasteiger charge is 2.31. The van der Waals surface area contributed by atoms with Crippen molar-refractivity contribution in [3.05, 3.63) is 18.2 Å². The van der Waals surface area contributed by atoms with Gasteiger partial charge in [-0.2, -0.15) is 0 Å². The van der Waals surface area contributed by atoms with E-state index in [2.05, 4.69) is 9.39 Å². The van der Waals surface area contributed by atoms with Gasteiger partial charge in [-0.25, -0.2) is 0 Å². The quantitative estimate of drug-likeness (QED) is 0.780. The topological polar surface area (TPSA) is 68.2 Å². The van der Waals surface area contributed by atoms with Crippen molar-refractivity contribution in [2.75, 3.05) is 7.11 Å². The Labute approximate surface area is 94.5 Å². The van der Waals surface area contributed by atoms with Crippen LogP contribution in [-0.4, -0.2) is 30.8 Å². The molecular weight excluding hydrogens is 244 g/mol. The lowest BCUT2D eigenvalue weighted by Gasteiger charge is -2.12. The van der Waals surface area contributed by atoms with E-state index in [0.29, 0.717) is 0 Å². The molecule has 94 valence electrons. The number of halogens is 3. The van der Waals surface area contributed by atoms with E-state index in [0.717, 1.165) is 12.1 Å². The van der Waals surface area contributed by atoms with E-state index >= 15 is 0 Å². The Morgan fingerprint density at radius 3 is 2.06 bits per heavy atom. The van der Waals surface area contributed by atoms with Crippen LogP contribution in [-0.2, 0) is 0 Å². The maximum absolute atomic E-state index is 12.0. The van der Waals surface area contributed by atoms with E-state index in [9.17, 15) is 13.2 Å². The van der Waals surface area contributed by atoms with Gasteiger partial charge < -0.3 is 24.2 Å². The van der Waals surface area contributed by atoms with E-state index in [-0.39, 0.29) is 11.5 Å². The summed E-state index contributed by atoms with van der Waals surface area (Å²) in [6.45, 7) is 0. The Kier molecular flexibility index (Phi) is 4.08. The highest BCUT2D eigenvalue weighted by Crippen LogP contribution is 2.31. The molecular formula is C8H8BF3O5. The second-order valence-electron chi connectivity index (χ2n) is 2.84. The Morgan fingerprint density at radius 2 is 1.59 bits per heavy atom. The molecule has 0 saturated carbocycles. The minimum Gasteiger partial charge on any atom is -0.512 e. The molecule has 0 atom stereocenters. The van der Waals surface area contributed by atoms with E-state index in [4.69, 9.17) is 14.8 Å². The molecule has 0 spiro atoms. The molecule has 9 heteroatoms. The summed E-state index contributed by atoms with van der Waals surface area (Å²) in [5, 5.41) is 17.0. The number of alkyl halides is 3. The van der Waals surface area contributed by atoms with Crippen molar-refractivity contribution in [3.63, 3.8) is 0 Å². The Balaban J connectivity index is 2.97. The first kappa shape index (κ1) is 13.5. The zero-order chi connectivity index (χ0) is 13.1. The number of hydrogen-bond donors (Lipinski definition) is 2. The summed E-state index contributed by atoms with van der Waals surface area (Å²) < 4.78 is 48.6. The van der Waals surface area contributed by atoms with Crippen molar-refractivity contribution in [3.8, 4) is 17.2 Å². The summed E-state index contributed by atoms with van der Waals surface area (Å²) in [4.78, 5) is 0. The highest BCUT2D eigenvalue weighted by atomic mass is 19.4. The summed E-state index contributed by atoms with van der Waals surface area (Å²) in [6, 6.07) is 2.99. The van der Waals surface area contributed by atoms with Crippen LogP contribution >= 0.6 is 0 Å². The molecule has 1 aromatic carbocycles. The standard InChI is InChI=1S/C8H8BF3O5/c1-15-5-2-6(16-8(10,11)12)4-7(3-5)17-9(13)14/h2-4,13-14H,1H3. The monoisotopic (exact) mass is 252 g/mol. The number of hydrogen-bond acceptors (Lipinski definition) is 5. The first-order valence-electron chi connectivity index (χ1n) is 4.28. The van der Waals surface area contributed by atoms with Crippen LogP contribution < -0.4 is 14.1 Å². The van der Waals surface area contributed by atoms with Crippen LogP contribution in [0.3, 0.4) is 0 Å². The van der Waals surface area contributed by atoms with Crippen molar-refractivity contribution < 1.29 is 37.3 Å². The Morgan fingerprint density at radius 1 is 1.06 bits per heavy atom. The molecule has 0 aliphatic rings. The maximum Gasteiger partial charge on any atom is 0.707 e. The third-order valence-electron chi connectivity index (χ3n) is 1.56. The molecule has 1 aromatic rings. The normalized spacial score (nSPS) is 10.9. The van der Waals surface area contributed by atoms with E-state index in [1.807, 2.05) is 0 Å². The number of benzene rings is 1. The van der Waals surface area contributed by atoms with Crippen LogP contribution in [0.25, 0.3) is 0 Å². The molecule has 0 unspecified atom stereocenters. The van der Waals surface area contributed by atoms with Gasteiger partial charge in [-0.3, -0.25) is 0 Å². The number of rotatable bonds is 4. The zero-order valence-corrected chi connectivity index (χ0v) is 8.56. The van der Waals surface area contributed by atoms with Crippen molar-refractivity contribution in [1.82, 2.24) is 0 Å². The predicted octanol–water partition coefficient (Wildman–Crippen LogP) is 0.942. The molecule has 0 aliphatic heterocycles. The number of ether oxygens (including phenoxy) is 2. The van der Waals surface area contributed by atoms with E-state index in [1.54, 1.807) is 0 Å². The summed E-state index contributed by atoms with van der Waals surface area (Å²) in [5.74, 6) is -0.812. The molecule has 0 aliphatic carbocycles. The van der Waals surface area contributed by atoms with Crippen LogP contribution in [0.2, 0.25) is 0 Å². The fourth-order valence-electron chi connectivity index (χ4n) is 1.05. The van der Waals surface area contributed by atoms with Gasteiger partial charge in [0.15, 0.2) is 0 Å². The van der Waals surface area contributed by atoms with Crippen LogP contribution in [0.15, 0.2) is 18.2 Å². The van der Waals surface area contributed by atoms with Gasteiger partial charge >= 0.3 is 13.7 Å². The lowest BCUT2D eigenvalue weighted by molar-refractivity contribution is -0.274. The third kappa shape index (κ3) is 4.83. The second kappa shape index (κ2) is 5.15.